The molecule has 1 aromatic heterocycles. The van der Waals surface area contributed by atoms with Crippen LogP contribution in [-0.2, 0) is 14.8 Å². The number of sulfonamides is 1. The molecule has 0 radical (unpaired) electrons. The molecule has 2 heterocycles. The predicted octanol–water partition coefficient (Wildman–Crippen LogP) is 3.70. The van der Waals surface area contributed by atoms with E-state index in [4.69, 9.17) is 0 Å². The summed E-state index contributed by atoms with van der Waals surface area (Å²) in [7, 11) is -3.49. The van der Waals surface area contributed by atoms with E-state index in [1.165, 1.54) is 11.8 Å². The van der Waals surface area contributed by atoms with E-state index in [-0.39, 0.29) is 16.6 Å². The highest BCUT2D eigenvalue weighted by Gasteiger charge is 2.25. The van der Waals surface area contributed by atoms with Gasteiger partial charge in [-0.3, -0.25) is 4.79 Å². The Bertz CT molecular complexity index is 976. The molecule has 1 saturated heterocycles. The zero-order valence-corrected chi connectivity index (χ0v) is 19.3. The fourth-order valence-electron chi connectivity index (χ4n) is 3.27. The van der Waals surface area contributed by atoms with Crippen molar-refractivity contribution in [1.29, 1.82) is 0 Å². The Morgan fingerprint density at radius 3 is 2.13 bits per heavy atom. The first-order valence-electron chi connectivity index (χ1n) is 10.1. The molecule has 7 nitrogen and oxygen atoms in total. The summed E-state index contributed by atoms with van der Waals surface area (Å²) in [5.74, 6) is -0.0157. The van der Waals surface area contributed by atoms with Gasteiger partial charge in [0.2, 0.25) is 15.9 Å². The van der Waals surface area contributed by atoms with E-state index >= 15 is 0 Å². The van der Waals surface area contributed by atoms with Crippen molar-refractivity contribution < 1.29 is 13.2 Å². The second-order valence-corrected chi connectivity index (χ2v) is 10.4. The van der Waals surface area contributed by atoms with Crippen molar-refractivity contribution in [2.24, 2.45) is 0 Å². The molecule has 1 aromatic carbocycles. The minimum atomic E-state index is -3.49. The van der Waals surface area contributed by atoms with Crippen LogP contribution in [0.5, 0.6) is 0 Å². The Kier molecular flexibility index (Phi) is 7.49. The maximum Gasteiger partial charge on any atom is 0.243 e. The van der Waals surface area contributed by atoms with Gasteiger partial charge in [-0.1, -0.05) is 24.6 Å². The van der Waals surface area contributed by atoms with Crippen LogP contribution < -0.4 is 5.32 Å². The van der Waals surface area contributed by atoms with Crippen LogP contribution in [0.3, 0.4) is 0 Å². The lowest BCUT2D eigenvalue weighted by Gasteiger charge is -2.20. The highest BCUT2D eigenvalue weighted by molar-refractivity contribution is 7.99. The third-order valence-corrected chi connectivity index (χ3v) is 8.05. The van der Waals surface area contributed by atoms with Crippen molar-refractivity contribution in [1.82, 2.24) is 14.3 Å². The quantitative estimate of drug-likeness (QED) is 0.535. The standard InChI is InChI=1S/C21H28N4O3S2/c1-15-16(2)22-21(23-17(15)3)29-14-20(26)24-18-8-10-19(11-9-18)30(27,28)25-12-6-4-5-7-13-25/h8-11H,4-7,12-14H2,1-3H3,(H,24,26). The number of aromatic nitrogens is 2. The van der Waals surface area contributed by atoms with Gasteiger partial charge in [-0.25, -0.2) is 18.4 Å². The fraction of sp³-hybridized carbons (Fsp3) is 0.476. The smallest absolute Gasteiger partial charge is 0.243 e. The van der Waals surface area contributed by atoms with Crippen LogP contribution in [0.15, 0.2) is 34.3 Å². The maximum absolute atomic E-state index is 12.8. The summed E-state index contributed by atoms with van der Waals surface area (Å²) < 4.78 is 27.2. The third kappa shape index (κ3) is 5.59. The average molecular weight is 449 g/mol. The molecule has 1 fully saturated rings. The highest BCUT2D eigenvalue weighted by Crippen LogP contribution is 2.22. The van der Waals surface area contributed by atoms with Crippen molar-refractivity contribution in [2.75, 3.05) is 24.2 Å². The monoisotopic (exact) mass is 448 g/mol. The van der Waals surface area contributed by atoms with Gasteiger partial charge in [-0.05, 0) is 63.4 Å². The highest BCUT2D eigenvalue weighted by atomic mass is 32.2. The lowest BCUT2D eigenvalue weighted by molar-refractivity contribution is -0.113. The summed E-state index contributed by atoms with van der Waals surface area (Å²) in [4.78, 5) is 21.3. The number of carbonyl (C=O) groups excluding carboxylic acids is 1. The molecular formula is C21H28N4O3S2. The van der Waals surface area contributed by atoms with E-state index in [0.717, 1.165) is 42.6 Å². The number of hydrogen-bond donors (Lipinski definition) is 1. The van der Waals surface area contributed by atoms with Crippen molar-refractivity contribution in [2.45, 2.75) is 56.5 Å². The molecule has 2 aromatic rings. The van der Waals surface area contributed by atoms with Crippen LogP contribution >= 0.6 is 11.8 Å². The van der Waals surface area contributed by atoms with Crippen molar-refractivity contribution in [3.8, 4) is 0 Å². The number of benzene rings is 1. The summed E-state index contributed by atoms with van der Waals surface area (Å²) in [6.45, 7) is 6.96. The molecule has 0 atom stereocenters. The number of aryl methyl sites for hydroxylation is 2. The summed E-state index contributed by atoms with van der Waals surface area (Å²) in [5, 5.41) is 3.37. The zero-order chi connectivity index (χ0) is 21.7. The van der Waals surface area contributed by atoms with Gasteiger partial charge >= 0.3 is 0 Å². The van der Waals surface area contributed by atoms with Crippen molar-refractivity contribution in [3.63, 3.8) is 0 Å². The molecule has 0 spiro atoms. The molecule has 0 bridgehead atoms. The van der Waals surface area contributed by atoms with Crippen LogP contribution in [0, 0.1) is 20.8 Å². The maximum atomic E-state index is 12.8. The minimum Gasteiger partial charge on any atom is -0.325 e. The summed E-state index contributed by atoms with van der Waals surface area (Å²) in [6.07, 6.45) is 3.94. The Morgan fingerprint density at radius 2 is 1.57 bits per heavy atom. The van der Waals surface area contributed by atoms with E-state index < -0.39 is 10.0 Å². The van der Waals surface area contributed by atoms with Crippen LogP contribution in [0.25, 0.3) is 0 Å². The lowest BCUT2D eigenvalue weighted by atomic mass is 10.2. The van der Waals surface area contributed by atoms with E-state index in [1.54, 1.807) is 28.6 Å². The SMILES string of the molecule is Cc1nc(SCC(=O)Nc2ccc(S(=O)(=O)N3CCCCCC3)cc2)nc(C)c1C. The number of thioether (sulfide) groups is 1. The summed E-state index contributed by atoms with van der Waals surface area (Å²) >= 11 is 1.28. The summed E-state index contributed by atoms with van der Waals surface area (Å²) in [5.41, 5.74) is 3.44. The molecular weight excluding hydrogens is 420 g/mol. The third-order valence-electron chi connectivity index (χ3n) is 5.29. The second kappa shape index (κ2) is 9.89. The number of nitrogens with one attached hydrogen (secondary N) is 1. The Labute approximate surface area is 182 Å². The number of rotatable bonds is 6. The van der Waals surface area contributed by atoms with Crippen LogP contribution in [0.2, 0.25) is 0 Å². The molecule has 9 heteroatoms. The van der Waals surface area contributed by atoms with E-state index in [2.05, 4.69) is 15.3 Å². The zero-order valence-electron chi connectivity index (χ0n) is 17.6. The second-order valence-electron chi connectivity index (χ2n) is 7.48. The van der Waals surface area contributed by atoms with Crippen LogP contribution in [0.4, 0.5) is 5.69 Å². The Balaban J connectivity index is 1.59. The first-order chi connectivity index (χ1) is 14.3. The Morgan fingerprint density at radius 1 is 1.00 bits per heavy atom. The van der Waals surface area contributed by atoms with Gasteiger partial charge in [0.15, 0.2) is 5.16 Å². The van der Waals surface area contributed by atoms with Gasteiger partial charge < -0.3 is 5.32 Å². The molecule has 30 heavy (non-hydrogen) atoms. The van der Waals surface area contributed by atoms with Gasteiger partial charge in [-0.2, -0.15) is 4.31 Å². The van der Waals surface area contributed by atoms with Gasteiger partial charge in [0, 0.05) is 30.2 Å². The normalized spacial score (nSPS) is 15.6. The van der Waals surface area contributed by atoms with E-state index in [0.29, 0.717) is 23.9 Å². The molecule has 0 unspecified atom stereocenters. The van der Waals surface area contributed by atoms with Crippen LogP contribution in [-0.4, -0.2) is 47.4 Å². The number of hydrogen-bond acceptors (Lipinski definition) is 6. The molecule has 1 amide bonds. The predicted molar refractivity (Wildman–Crippen MR) is 119 cm³/mol. The van der Waals surface area contributed by atoms with E-state index in [1.807, 2.05) is 20.8 Å². The van der Waals surface area contributed by atoms with Gasteiger partial charge in [0.25, 0.3) is 0 Å². The van der Waals surface area contributed by atoms with E-state index in [9.17, 15) is 13.2 Å². The van der Waals surface area contributed by atoms with Crippen LogP contribution in [0.1, 0.15) is 42.6 Å². The molecule has 162 valence electrons. The van der Waals surface area contributed by atoms with Gasteiger partial charge in [0.1, 0.15) is 0 Å². The molecule has 1 aliphatic heterocycles. The van der Waals surface area contributed by atoms with Crippen molar-refractivity contribution in [3.05, 3.63) is 41.2 Å². The molecule has 3 rings (SSSR count). The lowest BCUT2D eigenvalue weighted by Crippen LogP contribution is -2.31. The first kappa shape index (κ1) is 22.7. The number of nitrogens with zero attached hydrogens (tertiary/aromatic N) is 3. The molecule has 1 N–H and O–H groups in total. The van der Waals surface area contributed by atoms with Crippen molar-refractivity contribution >= 4 is 33.4 Å². The van der Waals surface area contributed by atoms with Gasteiger partial charge in [0.05, 0.1) is 10.6 Å². The summed E-state index contributed by atoms with van der Waals surface area (Å²) in [6, 6.07) is 6.37. The Hall–Kier alpha value is -1.97. The molecule has 1 aliphatic rings. The molecule has 0 aliphatic carbocycles. The number of carbonyl (C=O) groups is 1. The topological polar surface area (TPSA) is 92.3 Å². The number of amides is 1. The minimum absolute atomic E-state index is 0.176. The number of anilines is 1. The first-order valence-corrected chi connectivity index (χ1v) is 12.5. The largest absolute Gasteiger partial charge is 0.325 e. The molecule has 0 saturated carbocycles. The van der Waals surface area contributed by atoms with Gasteiger partial charge in [-0.15, -0.1) is 0 Å². The fourth-order valence-corrected chi connectivity index (χ4v) is 5.53. The average Bonchev–Trinajstić information content (AvgIpc) is 3.01.